The summed E-state index contributed by atoms with van der Waals surface area (Å²) in [7, 11) is 0. The molecule has 2 aromatic heterocycles. The Labute approximate surface area is 122 Å². The molecule has 0 radical (unpaired) electrons. The van der Waals surface area contributed by atoms with Gasteiger partial charge in [-0.25, -0.2) is 4.98 Å². The first-order chi connectivity index (χ1) is 9.53. The average molecular weight is 294 g/mol. The summed E-state index contributed by atoms with van der Waals surface area (Å²) in [5.41, 5.74) is 6.60. The van der Waals surface area contributed by atoms with Gasteiger partial charge in [0.1, 0.15) is 5.76 Å². The predicted molar refractivity (Wildman–Crippen MR) is 77.9 cm³/mol. The van der Waals surface area contributed by atoms with Crippen molar-refractivity contribution >= 4 is 23.7 Å². The molecule has 0 aliphatic rings. The molecule has 0 bridgehead atoms. The van der Waals surface area contributed by atoms with Crippen LogP contribution >= 0.6 is 11.8 Å². The van der Waals surface area contributed by atoms with Crippen LogP contribution in [-0.2, 0) is 0 Å². The smallest absolute Gasteiger partial charge is 0.264 e. The molecule has 0 spiro atoms. The van der Waals surface area contributed by atoms with Crippen molar-refractivity contribution in [2.75, 3.05) is 23.7 Å². The van der Waals surface area contributed by atoms with E-state index in [9.17, 15) is 0 Å². The molecule has 0 aliphatic heterocycles. The lowest BCUT2D eigenvalue weighted by atomic mass is 10.4. The molecule has 2 rings (SSSR count). The van der Waals surface area contributed by atoms with Crippen LogP contribution in [0.1, 0.15) is 25.3 Å². The molecule has 0 atom stereocenters. The van der Waals surface area contributed by atoms with Crippen molar-refractivity contribution in [3.8, 4) is 0 Å². The van der Waals surface area contributed by atoms with Crippen molar-refractivity contribution in [3.63, 3.8) is 0 Å². The quantitative estimate of drug-likeness (QED) is 0.895. The molecule has 0 saturated carbocycles. The van der Waals surface area contributed by atoms with Crippen molar-refractivity contribution < 1.29 is 4.42 Å². The van der Waals surface area contributed by atoms with E-state index in [1.165, 1.54) is 11.8 Å². The van der Waals surface area contributed by atoms with Gasteiger partial charge in [0, 0.05) is 24.9 Å². The minimum Gasteiger partial charge on any atom is -0.436 e. The van der Waals surface area contributed by atoms with Crippen LogP contribution in [0.3, 0.4) is 0 Å². The third kappa shape index (κ3) is 3.19. The number of nitrogens with zero attached hydrogens (tertiary/aromatic N) is 5. The Hall–Kier alpha value is -1.83. The maximum Gasteiger partial charge on any atom is 0.264 e. The summed E-state index contributed by atoms with van der Waals surface area (Å²) in [5, 5.41) is 0.997. The average Bonchev–Trinajstić information content (AvgIpc) is 2.69. The van der Waals surface area contributed by atoms with E-state index in [2.05, 4.69) is 19.9 Å². The van der Waals surface area contributed by atoms with Gasteiger partial charge in [0.15, 0.2) is 0 Å². The topological polar surface area (TPSA) is 94.0 Å². The fourth-order valence-corrected chi connectivity index (χ4v) is 2.39. The van der Waals surface area contributed by atoms with Crippen molar-refractivity contribution in [1.82, 2.24) is 19.9 Å². The first-order valence-corrected chi connectivity index (χ1v) is 7.23. The predicted octanol–water partition coefficient (Wildman–Crippen LogP) is 2.06. The summed E-state index contributed by atoms with van der Waals surface area (Å²) in [4.78, 5) is 19.0. The fourth-order valence-electron chi connectivity index (χ4n) is 1.62. The van der Waals surface area contributed by atoms with Gasteiger partial charge in [-0.15, -0.1) is 0 Å². The highest BCUT2D eigenvalue weighted by Crippen LogP contribution is 2.27. The molecule has 2 aromatic rings. The summed E-state index contributed by atoms with van der Waals surface area (Å²) in [5.74, 6) is 1.56. The normalized spacial score (nSPS) is 10.8. The maximum absolute atomic E-state index is 5.74. The number of hydrogen-bond donors (Lipinski definition) is 1. The first-order valence-electron chi connectivity index (χ1n) is 6.41. The zero-order valence-electron chi connectivity index (χ0n) is 12.0. The molecule has 0 aromatic carbocycles. The van der Waals surface area contributed by atoms with Gasteiger partial charge in [0.25, 0.3) is 5.22 Å². The molecular weight excluding hydrogens is 276 g/mol. The van der Waals surface area contributed by atoms with E-state index >= 15 is 0 Å². The minimum absolute atomic E-state index is 0.199. The molecular formula is C12H18N6OS. The number of aryl methyl sites for hydroxylation is 2. The molecule has 2 N–H and O–H groups in total. The second-order valence-electron chi connectivity index (χ2n) is 4.17. The zero-order valence-corrected chi connectivity index (χ0v) is 12.9. The van der Waals surface area contributed by atoms with Gasteiger partial charge in [-0.05, 0) is 27.7 Å². The van der Waals surface area contributed by atoms with Crippen molar-refractivity contribution in [3.05, 3.63) is 11.5 Å². The Morgan fingerprint density at radius 3 is 2.35 bits per heavy atom. The lowest BCUT2D eigenvalue weighted by molar-refractivity contribution is 0.430. The van der Waals surface area contributed by atoms with Crippen LogP contribution in [0.4, 0.5) is 11.9 Å². The van der Waals surface area contributed by atoms with Crippen LogP contribution in [-0.4, -0.2) is 33.0 Å². The Morgan fingerprint density at radius 1 is 1.10 bits per heavy atom. The van der Waals surface area contributed by atoms with Crippen LogP contribution in [0.5, 0.6) is 0 Å². The van der Waals surface area contributed by atoms with Crippen molar-refractivity contribution in [2.24, 2.45) is 0 Å². The summed E-state index contributed by atoms with van der Waals surface area (Å²) in [6.45, 7) is 9.46. The van der Waals surface area contributed by atoms with Gasteiger partial charge >= 0.3 is 0 Å². The zero-order chi connectivity index (χ0) is 14.7. The summed E-state index contributed by atoms with van der Waals surface area (Å²) < 4.78 is 5.51. The summed E-state index contributed by atoms with van der Waals surface area (Å²) in [6.07, 6.45) is 0. The highest BCUT2D eigenvalue weighted by molar-refractivity contribution is 7.98. The SMILES string of the molecule is CCN(CC)c1nc(N)nc(Sc2nc(C)c(C)o2)n1. The number of oxazole rings is 1. The van der Waals surface area contributed by atoms with Gasteiger partial charge in [-0.3, -0.25) is 0 Å². The minimum atomic E-state index is 0.199. The monoisotopic (exact) mass is 294 g/mol. The number of anilines is 2. The van der Waals surface area contributed by atoms with E-state index in [1.54, 1.807) is 0 Å². The number of aromatic nitrogens is 4. The first kappa shape index (κ1) is 14.6. The number of nitrogens with two attached hydrogens (primary N) is 1. The van der Waals surface area contributed by atoms with Crippen molar-refractivity contribution in [1.29, 1.82) is 0 Å². The van der Waals surface area contributed by atoms with Crippen molar-refractivity contribution in [2.45, 2.75) is 38.1 Å². The van der Waals surface area contributed by atoms with Crippen LogP contribution in [0.25, 0.3) is 0 Å². The van der Waals surface area contributed by atoms with E-state index in [-0.39, 0.29) is 5.95 Å². The molecule has 8 heteroatoms. The van der Waals surface area contributed by atoms with E-state index in [4.69, 9.17) is 10.2 Å². The number of nitrogen functional groups attached to an aromatic ring is 1. The highest BCUT2D eigenvalue weighted by atomic mass is 32.2. The molecule has 0 unspecified atom stereocenters. The van der Waals surface area contributed by atoms with E-state index in [0.717, 1.165) is 24.5 Å². The van der Waals surface area contributed by atoms with Crippen LogP contribution < -0.4 is 10.6 Å². The Balaban J connectivity index is 2.27. The highest BCUT2D eigenvalue weighted by Gasteiger charge is 2.14. The Morgan fingerprint density at radius 2 is 1.80 bits per heavy atom. The second-order valence-corrected chi connectivity index (χ2v) is 5.09. The molecule has 2 heterocycles. The summed E-state index contributed by atoms with van der Waals surface area (Å²) in [6, 6.07) is 0. The molecule has 20 heavy (non-hydrogen) atoms. The third-order valence-corrected chi connectivity index (χ3v) is 3.57. The van der Waals surface area contributed by atoms with Gasteiger partial charge in [-0.2, -0.15) is 15.0 Å². The van der Waals surface area contributed by atoms with E-state index < -0.39 is 0 Å². The molecule has 0 aliphatic carbocycles. The lowest BCUT2D eigenvalue weighted by Gasteiger charge is -2.18. The molecule has 7 nitrogen and oxygen atoms in total. The maximum atomic E-state index is 5.74. The van der Waals surface area contributed by atoms with Crippen LogP contribution in [0, 0.1) is 13.8 Å². The molecule has 0 amide bonds. The van der Waals surface area contributed by atoms with Crippen LogP contribution in [0.2, 0.25) is 0 Å². The molecule has 0 fully saturated rings. The van der Waals surface area contributed by atoms with E-state index in [1.807, 2.05) is 32.6 Å². The van der Waals surface area contributed by atoms with Gasteiger partial charge < -0.3 is 15.1 Å². The van der Waals surface area contributed by atoms with Crippen LogP contribution in [0.15, 0.2) is 14.8 Å². The standard InChI is InChI=1S/C12H18N6OS/c1-5-18(6-2)10-15-9(13)16-11(17-10)20-12-14-7(3)8(4)19-12/h5-6H2,1-4H3,(H2,13,15,16,17). The Kier molecular flexibility index (Phi) is 4.43. The van der Waals surface area contributed by atoms with E-state index in [0.29, 0.717) is 16.3 Å². The third-order valence-electron chi connectivity index (χ3n) is 2.85. The second kappa shape index (κ2) is 6.08. The lowest BCUT2D eigenvalue weighted by Crippen LogP contribution is -2.25. The molecule has 108 valence electrons. The number of rotatable bonds is 5. The van der Waals surface area contributed by atoms with Gasteiger partial charge in [0.2, 0.25) is 17.1 Å². The summed E-state index contributed by atoms with van der Waals surface area (Å²) >= 11 is 1.24. The molecule has 0 saturated heterocycles. The number of hydrogen-bond acceptors (Lipinski definition) is 8. The van der Waals surface area contributed by atoms with Gasteiger partial charge in [0.05, 0.1) is 5.69 Å². The fraction of sp³-hybridized carbons (Fsp3) is 0.500. The largest absolute Gasteiger partial charge is 0.436 e. The van der Waals surface area contributed by atoms with Gasteiger partial charge in [-0.1, -0.05) is 0 Å². The Bertz CT molecular complexity index is 576.